The number of halogens is 1. The van der Waals surface area contributed by atoms with Crippen LogP contribution in [0.5, 0.6) is 5.75 Å². The van der Waals surface area contributed by atoms with E-state index in [1.165, 1.54) is 25.7 Å². The van der Waals surface area contributed by atoms with Gasteiger partial charge in [-0.3, -0.25) is 4.90 Å². The quantitative estimate of drug-likeness (QED) is 0.551. The normalized spacial score (nSPS) is 13.3. The molecule has 0 unspecified atom stereocenters. The molecule has 3 heterocycles. The molecule has 4 rings (SSSR count). The summed E-state index contributed by atoms with van der Waals surface area (Å²) in [4.78, 5) is 11.9. The summed E-state index contributed by atoms with van der Waals surface area (Å²) < 4.78 is 12.8. The summed E-state index contributed by atoms with van der Waals surface area (Å²) in [5, 5.41) is 18.2. The number of hydrogen-bond donors (Lipinski definition) is 2. The third-order valence-corrected chi connectivity index (χ3v) is 5.44. The predicted octanol–water partition coefficient (Wildman–Crippen LogP) is 3.65. The van der Waals surface area contributed by atoms with Crippen molar-refractivity contribution in [3.63, 3.8) is 0 Å². The van der Waals surface area contributed by atoms with Crippen molar-refractivity contribution in [2.75, 3.05) is 44.4 Å². The van der Waals surface area contributed by atoms with E-state index in [2.05, 4.69) is 36.9 Å². The number of benzene rings is 1. The second-order valence-corrected chi connectivity index (χ2v) is 8.58. The molecule has 0 aliphatic carbocycles. The van der Waals surface area contributed by atoms with Gasteiger partial charge in [-0.25, -0.2) is 14.4 Å². The predicted molar refractivity (Wildman–Crippen MR) is 136 cm³/mol. The zero-order valence-electron chi connectivity index (χ0n) is 20.5. The minimum atomic E-state index is -0.400. The van der Waals surface area contributed by atoms with Gasteiger partial charge in [0.05, 0.1) is 29.8 Å². The van der Waals surface area contributed by atoms with Crippen LogP contribution < -0.4 is 10.6 Å². The summed E-state index contributed by atoms with van der Waals surface area (Å²) in [7, 11) is 3.84. The molecule has 1 fully saturated rings. The zero-order valence-corrected chi connectivity index (χ0v) is 20.5. The van der Waals surface area contributed by atoms with Gasteiger partial charge in [-0.1, -0.05) is 30.9 Å². The van der Waals surface area contributed by atoms with E-state index in [1.54, 1.807) is 19.1 Å². The van der Waals surface area contributed by atoms with E-state index in [0.29, 0.717) is 35.1 Å². The number of rotatable bonds is 3. The Morgan fingerprint density at radius 3 is 2.49 bits per heavy atom. The highest BCUT2D eigenvalue weighted by molar-refractivity contribution is 5.73. The molecule has 35 heavy (non-hydrogen) atoms. The van der Waals surface area contributed by atoms with Gasteiger partial charge < -0.3 is 15.7 Å². The lowest BCUT2D eigenvalue weighted by molar-refractivity contribution is 0.464. The van der Waals surface area contributed by atoms with Gasteiger partial charge in [0.1, 0.15) is 5.75 Å². The van der Waals surface area contributed by atoms with Crippen LogP contribution in [-0.2, 0) is 0 Å². The number of aryl methyl sites for hydroxylation is 1. The molecule has 2 aromatic heterocycles. The molecule has 1 saturated heterocycles. The van der Waals surface area contributed by atoms with E-state index in [1.807, 2.05) is 37.2 Å². The van der Waals surface area contributed by atoms with Crippen LogP contribution >= 0.6 is 0 Å². The number of nitrogens with zero attached hydrogens (tertiary/aromatic N) is 6. The Morgan fingerprint density at radius 2 is 1.83 bits per heavy atom. The van der Waals surface area contributed by atoms with Crippen molar-refractivity contribution < 1.29 is 9.50 Å². The number of nitrogens with two attached hydrogens (primary N) is 1. The third kappa shape index (κ3) is 7.62. The fourth-order valence-electron chi connectivity index (χ4n) is 3.57. The molecule has 0 saturated carbocycles. The highest BCUT2D eigenvalue weighted by atomic mass is 19.1. The number of aromatic hydroxyl groups is 1. The molecule has 0 spiro atoms. The van der Waals surface area contributed by atoms with Crippen molar-refractivity contribution in [1.29, 1.82) is 0 Å². The van der Waals surface area contributed by atoms with Crippen molar-refractivity contribution in [3.05, 3.63) is 53.9 Å². The summed E-state index contributed by atoms with van der Waals surface area (Å²) in [5.74, 6) is 6.27. The van der Waals surface area contributed by atoms with Crippen LogP contribution in [0.4, 0.5) is 15.9 Å². The molecule has 8 nitrogen and oxygen atoms in total. The highest BCUT2D eigenvalue weighted by Gasteiger charge is 2.16. The van der Waals surface area contributed by atoms with E-state index >= 15 is 0 Å². The first-order chi connectivity index (χ1) is 16.8. The first-order valence-electron chi connectivity index (χ1n) is 11.6. The lowest BCUT2D eigenvalue weighted by Gasteiger charge is -2.23. The first kappa shape index (κ1) is 25.8. The molecule has 0 bridgehead atoms. The Balaban J connectivity index is 0.000000214. The van der Waals surface area contributed by atoms with Crippen molar-refractivity contribution >= 4 is 11.5 Å². The third-order valence-electron chi connectivity index (χ3n) is 5.44. The van der Waals surface area contributed by atoms with Crippen LogP contribution in [0, 0.1) is 24.6 Å². The molecule has 9 heteroatoms. The summed E-state index contributed by atoms with van der Waals surface area (Å²) in [5.41, 5.74) is 8.59. The summed E-state index contributed by atoms with van der Waals surface area (Å²) >= 11 is 0. The number of aromatic nitrogens is 4. The van der Waals surface area contributed by atoms with Crippen LogP contribution in [0.15, 0.2) is 36.5 Å². The van der Waals surface area contributed by atoms with E-state index in [-0.39, 0.29) is 5.75 Å². The van der Waals surface area contributed by atoms with Crippen LogP contribution in [0.25, 0.3) is 11.3 Å². The summed E-state index contributed by atoms with van der Waals surface area (Å²) in [6.45, 7) is 4.22. The highest BCUT2D eigenvalue weighted by Crippen LogP contribution is 2.32. The molecule has 0 atom stereocenters. The van der Waals surface area contributed by atoms with E-state index in [9.17, 15) is 9.50 Å². The smallest absolute Gasteiger partial charge is 0.205 e. The number of nitrogen functional groups attached to an aromatic ring is 1. The molecule has 1 aromatic carbocycles. The summed E-state index contributed by atoms with van der Waals surface area (Å²) in [6, 6.07) is 9.08. The van der Waals surface area contributed by atoms with Gasteiger partial charge in [0.15, 0.2) is 11.6 Å². The number of phenols is 1. The Morgan fingerprint density at radius 1 is 1.11 bits per heavy atom. The number of hydrogen-bond acceptors (Lipinski definition) is 8. The van der Waals surface area contributed by atoms with Crippen molar-refractivity contribution in [3.8, 4) is 28.8 Å². The summed E-state index contributed by atoms with van der Waals surface area (Å²) in [6.07, 6.45) is 6.02. The Kier molecular flexibility index (Phi) is 9.32. The largest absolute Gasteiger partial charge is 0.507 e. The second-order valence-electron chi connectivity index (χ2n) is 8.58. The van der Waals surface area contributed by atoms with Gasteiger partial charge in [-0.15, -0.1) is 10.2 Å². The number of phenolic OH excluding ortho intramolecular Hbond substituents is 1. The molecule has 184 valence electrons. The number of para-hydroxylation sites is 1. The SMILES string of the molecule is Cc1nc(C#CCN(C)C)ncc1F.Nc1nnc(-c2ccccc2O)cc1N1CCCCCC1. The van der Waals surface area contributed by atoms with Gasteiger partial charge in [0.25, 0.3) is 0 Å². The maximum atomic E-state index is 12.8. The van der Waals surface area contributed by atoms with Crippen molar-refractivity contribution in [2.24, 2.45) is 0 Å². The maximum absolute atomic E-state index is 12.8. The number of anilines is 2. The maximum Gasteiger partial charge on any atom is 0.205 e. The molecule has 0 radical (unpaired) electrons. The van der Waals surface area contributed by atoms with Gasteiger partial charge in [-0.05, 0) is 58.0 Å². The lowest BCUT2D eigenvalue weighted by atomic mass is 10.1. The first-order valence-corrected chi connectivity index (χ1v) is 11.6. The molecule has 0 amide bonds. The van der Waals surface area contributed by atoms with Crippen molar-refractivity contribution in [1.82, 2.24) is 25.1 Å². The zero-order chi connectivity index (χ0) is 25.2. The van der Waals surface area contributed by atoms with Gasteiger partial charge >= 0.3 is 0 Å². The van der Waals surface area contributed by atoms with Gasteiger partial charge in [-0.2, -0.15) is 0 Å². The van der Waals surface area contributed by atoms with Crippen molar-refractivity contribution in [2.45, 2.75) is 32.6 Å². The minimum absolute atomic E-state index is 0.207. The molecule has 1 aliphatic heterocycles. The lowest BCUT2D eigenvalue weighted by Crippen LogP contribution is -2.25. The average molecular weight is 478 g/mol. The van der Waals surface area contributed by atoms with Crippen LogP contribution in [0.1, 0.15) is 37.2 Å². The van der Waals surface area contributed by atoms with E-state index in [0.717, 1.165) is 25.0 Å². The Hall–Kier alpha value is -3.77. The van der Waals surface area contributed by atoms with Crippen LogP contribution in [0.2, 0.25) is 0 Å². The fourth-order valence-corrected chi connectivity index (χ4v) is 3.57. The van der Waals surface area contributed by atoms with E-state index < -0.39 is 5.82 Å². The van der Waals surface area contributed by atoms with E-state index in [4.69, 9.17) is 5.73 Å². The molecular formula is C26H32FN7O. The average Bonchev–Trinajstić information content (AvgIpc) is 3.12. The molecule has 1 aliphatic rings. The van der Waals surface area contributed by atoms with Gasteiger partial charge in [0, 0.05) is 18.7 Å². The Labute approximate surface area is 206 Å². The molecule has 3 aromatic rings. The molecular weight excluding hydrogens is 445 g/mol. The monoisotopic (exact) mass is 477 g/mol. The minimum Gasteiger partial charge on any atom is -0.507 e. The van der Waals surface area contributed by atoms with Crippen LogP contribution in [-0.4, -0.2) is 63.9 Å². The van der Waals surface area contributed by atoms with Gasteiger partial charge in [0.2, 0.25) is 5.82 Å². The topological polar surface area (TPSA) is 104 Å². The standard InChI is InChI=1S/C16H20N4O.C10H12FN3/c17-16-14(20-9-5-1-2-6-10-20)11-13(18-19-16)12-7-3-4-8-15(12)21;1-8-9(11)7-12-10(13-8)5-4-6-14(2)3/h3-4,7-8,11,21H,1-2,5-6,9-10H2,(H2,17,19);7H,6H2,1-3H3. The second kappa shape index (κ2) is 12.6. The molecule has 3 N–H and O–H groups in total. The fraction of sp³-hybridized carbons (Fsp3) is 0.385. The van der Waals surface area contributed by atoms with Crippen LogP contribution in [0.3, 0.4) is 0 Å². The Bertz CT molecular complexity index is 1180.